The van der Waals surface area contributed by atoms with Gasteiger partial charge in [-0.2, -0.15) is 0 Å². The van der Waals surface area contributed by atoms with Gasteiger partial charge in [-0.15, -0.1) is 0 Å². The van der Waals surface area contributed by atoms with Crippen LogP contribution in [0.25, 0.3) is 0 Å². The Morgan fingerprint density at radius 2 is 1.86 bits per heavy atom. The van der Waals surface area contributed by atoms with Crippen LogP contribution < -0.4 is 5.32 Å². The number of alkyl halides is 2. The topological polar surface area (TPSA) is 83.6 Å². The first-order chi connectivity index (χ1) is 10.4. The second-order valence-corrected chi connectivity index (χ2v) is 5.02. The third kappa shape index (κ3) is 1.99. The van der Waals surface area contributed by atoms with Crippen molar-refractivity contribution < 1.29 is 28.0 Å². The van der Waals surface area contributed by atoms with Gasteiger partial charge in [-0.05, 0) is 12.5 Å². The average molecular weight is 308 g/mol. The number of hydrogen-bond acceptors (Lipinski definition) is 4. The van der Waals surface area contributed by atoms with E-state index in [2.05, 4.69) is 0 Å². The van der Waals surface area contributed by atoms with Crippen molar-refractivity contribution in [1.82, 2.24) is 10.2 Å². The van der Waals surface area contributed by atoms with Gasteiger partial charge in [0, 0.05) is 12.0 Å². The van der Waals surface area contributed by atoms with Gasteiger partial charge >= 0.3 is 0 Å². The summed E-state index contributed by atoms with van der Waals surface area (Å²) in [4.78, 5) is 48.3. The van der Waals surface area contributed by atoms with Crippen molar-refractivity contribution in [2.45, 2.75) is 25.3 Å². The number of nitrogens with zero attached hydrogens (tertiary/aromatic N) is 1. The number of benzene rings is 1. The SMILES string of the molecule is O=C1CCC(N2C(=O)c3cccc(C(F)F)c3C2=O)C(=O)N1. The van der Waals surface area contributed by atoms with Gasteiger partial charge in [0.2, 0.25) is 11.8 Å². The molecule has 1 N–H and O–H groups in total. The largest absolute Gasteiger partial charge is 0.295 e. The minimum Gasteiger partial charge on any atom is -0.295 e. The highest BCUT2D eigenvalue weighted by Gasteiger charge is 2.46. The number of carbonyl (C=O) groups excluding carboxylic acids is 4. The Hall–Kier alpha value is -2.64. The summed E-state index contributed by atoms with van der Waals surface area (Å²) in [5.74, 6) is -2.99. The highest BCUT2D eigenvalue weighted by molar-refractivity contribution is 6.24. The van der Waals surface area contributed by atoms with Crippen LogP contribution in [0.4, 0.5) is 8.78 Å². The quantitative estimate of drug-likeness (QED) is 0.827. The highest BCUT2D eigenvalue weighted by atomic mass is 19.3. The lowest BCUT2D eigenvalue weighted by Gasteiger charge is -2.27. The Bertz CT molecular complexity index is 717. The van der Waals surface area contributed by atoms with Crippen molar-refractivity contribution >= 4 is 23.6 Å². The van der Waals surface area contributed by atoms with E-state index in [9.17, 15) is 28.0 Å². The van der Waals surface area contributed by atoms with Gasteiger partial charge in [-0.25, -0.2) is 8.78 Å². The molecule has 0 radical (unpaired) electrons. The van der Waals surface area contributed by atoms with Crippen LogP contribution in [-0.4, -0.2) is 34.6 Å². The Kier molecular flexibility index (Phi) is 3.23. The molecule has 1 unspecified atom stereocenters. The number of amides is 4. The molecule has 6 nitrogen and oxygen atoms in total. The van der Waals surface area contributed by atoms with Gasteiger partial charge in [0.1, 0.15) is 6.04 Å². The molecule has 0 aromatic heterocycles. The number of piperidine rings is 1. The molecule has 22 heavy (non-hydrogen) atoms. The molecule has 4 amide bonds. The van der Waals surface area contributed by atoms with Crippen molar-refractivity contribution in [1.29, 1.82) is 0 Å². The van der Waals surface area contributed by atoms with Gasteiger partial charge in [-0.3, -0.25) is 29.4 Å². The lowest BCUT2D eigenvalue weighted by atomic mass is 10.0. The molecule has 0 spiro atoms. The Balaban J connectivity index is 2.02. The third-order valence-corrected chi connectivity index (χ3v) is 3.74. The third-order valence-electron chi connectivity index (χ3n) is 3.74. The standard InChI is InChI=1S/C14H10F2N2O4/c15-11(16)6-2-1-3-7-10(6)14(22)18(13(7)21)8-4-5-9(19)17-12(8)20/h1-3,8,11H,4-5H2,(H,17,19,20). The van der Waals surface area contributed by atoms with Crippen molar-refractivity contribution in [3.8, 4) is 0 Å². The Morgan fingerprint density at radius 3 is 2.50 bits per heavy atom. The minimum atomic E-state index is -2.91. The normalized spacial score (nSPS) is 21.4. The van der Waals surface area contributed by atoms with Crippen LogP contribution in [0, 0.1) is 0 Å². The van der Waals surface area contributed by atoms with Gasteiger partial charge < -0.3 is 0 Å². The molecule has 1 atom stereocenters. The fourth-order valence-electron chi connectivity index (χ4n) is 2.72. The molecule has 0 aliphatic carbocycles. The maximum Gasteiger partial charge on any atom is 0.264 e. The second kappa shape index (κ2) is 4.97. The number of halogens is 2. The maximum atomic E-state index is 13.0. The Morgan fingerprint density at radius 1 is 1.14 bits per heavy atom. The van der Waals surface area contributed by atoms with E-state index in [0.717, 1.165) is 6.07 Å². The van der Waals surface area contributed by atoms with E-state index in [1.807, 2.05) is 5.32 Å². The molecule has 114 valence electrons. The summed E-state index contributed by atoms with van der Waals surface area (Å²) in [5, 5.41) is 2.04. The first-order valence-corrected chi connectivity index (χ1v) is 6.54. The van der Waals surface area contributed by atoms with Crippen molar-refractivity contribution in [2.75, 3.05) is 0 Å². The summed E-state index contributed by atoms with van der Waals surface area (Å²) >= 11 is 0. The van der Waals surface area contributed by atoms with E-state index >= 15 is 0 Å². The van der Waals surface area contributed by atoms with E-state index < -0.39 is 41.7 Å². The number of imide groups is 2. The van der Waals surface area contributed by atoms with Crippen molar-refractivity contribution in [3.63, 3.8) is 0 Å². The predicted molar refractivity (Wildman–Crippen MR) is 68.1 cm³/mol. The molecule has 2 heterocycles. The van der Waals surface area contributed by atoms with Crippen molar-refractivity contribution in [2.24, 2.45) is 0 Å². The number of fused-ring (bicyclic) bond motifs is 1. The lowest BCUT2D eigenvalue weighted by molar-refractivity contribution is -0.136. The van der Waals surface area contributed by atoms with E-state index in [-0.39, 0.29) is 24.0 Å². The van der Waals surface area contributed by atoms with Gasteiger partial charge in [0.15, 0.2) is 0 Å². The van der Waals surface area contributed by atoms with Crippen LogP contribution in [0.2, 0.25) is 0 Å². The van der Waals surface area contributed by atoms with Crippen LogP contribution >= 0.6 is 0 Å². The minimum absolute atomic E-state index is 0.0137. The molecule has 2 aliphatic heterocycles. The molecule has 0 bridgehead atoms. The summed E-state index contributed by atoms with van der Waals surface area (Å²) < 4.78 is 26.0. The van der Waals surface area contributed by atoms with Crippen LogP contribution in [0.1, 0.15) is 45.5 Å². The average Bonchev–Trinajstić information content (AvgIpc) is 2.72. The molecule has 1 saturated heterocycles. The summed E-state index contributed by atoms with van der Waals surface area (Å²) in [6, 6.07) is 2.45. The van der Waals surface area contributed by atoms with Crippen molar-refractivity contribution in [3.05, 3.63) is 34.9 Å². The molecule has 1 aromatic rings. The molecule has 3 rings (SSSR count). The first kappa shape index (κ1) is 14.3. The van der Waals surface area contributed by atoms with E-state index in [1.54, 1.807) is 0 Å². The molecule has 8 heteroatoms. The zero-order chi connectivity index (χ0) is 16.0. The maximum absolute atomic E-state index is 13.0. The zero-order valence-electron chi connectivity index (χ0n) is 11.1. The van der Waals surface area contributed by atoms with Crippen LogP contribution in [-0.2, 0) is 9.59 Å². The lowest BCUT2D eigenvalue weighted by Crippen LogP contribution is -2.54. The number of rotatable bonds is 2. The molecule has 1 aromatic carbocycles. The monoisotopic (exact) mass is 308 g/mol. The summed E-state index contributed by atoms with van der Waals surface area (Å²) in [5.41, 5.74) is -1.05. The first-order valence-electron chi connectivity index (χ1n) is 6.54. The fourth-order valence-corrected chi connectivity index (χ4v) is 2.72. The predicted octanol–water partition coefficient (Wildman–Crippen LogP) is 1.03. The zero-order valence-corrected chi connectivity index (χ0v) is 11.1. The number of nitrogens with one attached hydrogen (secondary N) is 1. The van der Waals surface area contributed by atoms with Gasteiger partial charge in [-0.1, -0.05) is 12.1 Å². The van der Waals surface area contributed by atoms with E-state index in [1.165, 1.54) is 12.1 Å². The Labute approximate surface area is 123 Å². The molecule has 0 saturated carbocycles. The smallest absolute Gasteiger partial charge is 0.264 e. The molecule has 2 aliphatic rings. The number of hydrogen-bond donors (Lipinski definition) is 1. The number of carbonyl (C=O) groups is 4. The van der Waals surface area contributed by atoms with E-state index in [0.29, 0.717) is 4.90 Å². The molecule has 1 fully saturated rings. The van der Waals surface area contributed by atoms with Crippen LogP contribution in [0.5, 0.6) is 0 Å². The fraction of sp³-hybridized carbons (Fsp3) is 0.286. The van der Waals surface area contributed by atoms with E-state index in [4.69, 9.17) is 0 Å². The second-order valence-electron chi connectivity index (χ2n) is 5.02. The summed E-state index contributed by atoms with van der Waals surface area (Å²) in [6.45, 7) is 0. The molecular weight excluding hydrogens is 298 g/mol. The summed E-state index contributed by atoms with van der Waals surface area (Å²) in [6.07, 6.45) is -2.94. The van der Waals surface area contributed by atoms with Gasteiger partial charge in [0.05, 0.1) is 11.1 Å². The highest BCUT2D eigenvalue weighted by Crippen LogP contribution is 2.33. The van der Waals surface area contributed by atoms with Crippen LogP contribution in [0.15, 0.2) is 18.2 Å². The summed E-state index contributed by atoms with van der Waals surface area (Å²) in [7, 11) is 0. The molecular formula is C14H10F2N2O4. The van der Waals surface area contributed by atoms with Crippen LogP contribution in [0.3, 0.4) is 0 Å². The van der Waals surface area contributed by atoms with Gasteiger partial charge in [0.25, 0.3) is 18.2 Å².